The molecule has 3 rings (SSSR count). The van der Waals surface area contributed by atoms with E-state index in [1.165, 1.54) is 0 Å². The smallest absolute Gasteiger partial charge is 0.320 e. The van der Waals surface area contributed by atoms with Crippen LogP contribution in [0.2, 0.25) is 5.02 Å². The number of halogens is 1. The highest BCUT2D eigenvalue weighted by molar-refractivity contribution is 6.30. The summed E-state index contributed by atoms with van der Waals surface area (Å²) < 4.78 is 5.31. The van der Waals surface area contributed by atoms with Gasteiger partial charge in [0.25, 0.3) is 0 Å². The lowest BCUT2D eigenvalue weighted by molar-refractivity contribution is 0.0438. The Morgan fingerprint density at radius 3 is 2.55 bits per heavy atom. The molecule has 2 amide bonds. The zero-order valence-electron chi connectivity index (χ0n) is 12.6. The van der Waals surface area contributed by atoms with Crippen molar-refractivity contribution < 1.29 is 9.53 Å². The summed E-state index contributed by atoms with van der Waals surface area (Å²) in [5, 5.41) is 0.641. The van der Waals surface area contributed by atoms with Gasteiger partial charge in [0.15, 0.2) is 0 Å². The number of urea groups is 1. The molecule has 0 spiro atoms. The average Bonchev–Trinajstić information content (AvgIpc) is 2.82. The zero-order valence-corrected chi connectivity index (χ0v) is 13.3. The first-order valence-electron chi connectivity index (χ1n) is 7.72. The first kappa shape index (κ1) is 15.4. The fraction of sp³-hybridized carbons (Fsp3) is 0.600. The minimum atomic E-state index is 0.134. The van der Waals surface area contributed by atoms with Crippen LogP contribution in [0.5, 0.6) is 0 Å². The molecule has 2 aliphatic rings. The molecule has 120 valence electrons. The molecule has 3 heterocycles. The van der Waals surface area contributed by atoms with Gasteiger partial charge < -0.3 is 19.4 Å². The Labute approximate surface area is 135 Å². The maximum Gasteiger partial charge on any atom is 0.320 e. The minimum absolute atomic E-state index is 0.134. The molecule has 7 heteroatoms. The van der Waals surface area contributed by atoms with Crippen molar-refractivity contribution in [2.75, 3.05) is 57.4 Å². The number of aromatic nitrogens is 1. The van der Waals surface area contributed by atoms with Crippen LogP contribution in [0.3, 0.4) is 0 Å². The van der Waals surface area contributed by atoms with Crippen LogP contribution in [0.15, 0.2) is 18.3 Å². The molecular formula is C15H21ClN4O2. The molecule has 0 aromatic carbocycles. The molecule has 0 radical (unpaired) electrons. The number of hydrogen-bond acceptors (Lipinski definition) is 4. The first-order valence-corrected chi connectivity index (χ1v) is 8.10. The highest BCUT2D eigenvalue weighted by Crippen LogP contribution is 2.17. The summed E-state index contributed by atoms with van der Waals surface area (Å²) in [6.07, 6.45) is 2.61. The standard InChI is InChI=1S/C15H21ClN4O2/c16-13-2-3-14(17-12-13)18-4-1-5-19(7-6-18)15(21)20-8-10-22-11-9-20/h2-3,12H,1,4-11H2. The van der Waals surface area contributed by atoms with Crippen molar-refractivity contribution in [3.05, 3.63) is 23.4 Å². The van der Waals surface area contributed by atoms with Crippen LogP contribution in [0.25, 0.3) is 0 Å². The summed E-state index contributed by atoms with van der Waals surface area (Å²) >= 11 is 5.88. The van der Waals surface area contributed by atoms with Crippen LogP contribution < -0.4 is 4.90 Å². The van der Waals surface area contributed by atoms with Gasteiger partial charge >= 0.3 is 6.03 Å². The predicted molar refractivity (Wildman–Crippen MR) is 85.4 cm³/mol. The van der Waals surface area contributed by atoms with E-state index in [1.54, 1.807) is 6.20 Å². The van der Waals surface area contributed by atoms with Crippen molar-refractivity contribution in [1.82, 2.24) is 14.8 Å². The molecule has 0 bridgehead atoms. The highest BCUT2D eigenvalue weighted by Gasteiger charge is 2.25. The molecule has 2 saturated heterocycles. The second-order valence-electron chi connectivity index (χ2n) is 5.54. The second kappa shape index (κ2) is 7.15. The molecule has 1 aromatic rings. The highest BCUT2D eigenvalue weighted by atomic mass is 35.5. The first-order chi connectivity index (χ1) is 10.7. The van der Waals surface area contributed by atoms with Gasteiger partial charge in [0.2, 0.25) is 0 Å². The Balaban J connectivity index is 1.59. The lowest BCUT2D eigenvalue weighted by Crippen LogP contribution is -2.49. The van der Waals surface area contributed by atoms with Crippen LogP contribution in [-0.2, 0) is 4.74 Å². The van der Waals surface area contributed by atoms with Gasteiger partial charge in [0.1, 0.15) is 5.82 Å². The number of amides is 2. The molecule has 0 saturated carbocycles. The fourth-order valence-electron chi connectivity index (χ4n) is 2.85. The number of nitrogens with zero attached hydrogens (tertiary/aromatic N) is 4. The molecule has 1 aromatic heterocycles. The van der Waals surface area contributed by atoms with E-state index in [4.69, 9.17) is 16.3 Å². The molecule has 0 unspecified atom stereocenters. The number of ether oxygens (including phenoxy) is 1. The summed E-state index contributed by atoms with van der Waals surface area (Å²) in [6.45, 7) is 5.88. The van der Waals surface area contributed by atoms with Gasteiger partial charge in [-0.15, -0.1) is 0 Å². The van der Waals surface area contributed by atoms with Gasteiger partial charge in [0, 0.05) is 45.5 Å². The molecule has 0 atom stereocenters. The average molecular weight is 325 g/mol. The number of carbonyl (C=O) groups excluding carboxylic acids is 1. The van der Waals surface area contributed by atoms with Gasteiger partial charge in [0.05, 0.1) is 18.2 Å². The van der Waals surface area contributed by atoms with E-state index in [9.17, 15) is 4.79 Å². The van der Waals surface area contributed by atoms with E-state index in [-0.39, 0.29) is 6.03 Å². The lowest BCUT2D eigenvalue weighted by Gasteiger charge is -2.32. The van der Waals surface area contributed by atoms with Crippen molar-refractivity contribution in [2.24, 2.45) is 0 Å². The summed E-state index contributed by atoms with van der Waals surface area (Å²) in [5.74, 6) is 0.921. The summed E-state index contributed by atoms with van der Waals surface area (Å²) in [7, 11) is 0. The Morgan fingerprint density at radius 1 is 1.05 bits per heavy atom. The molecule has 0 aliphatic carbocycles. The van der Waals surface area contributed by atoms with E-state index >= 15 is 0 Å². The molecule has 22 heavy (non-hydrogen) atoms. The van der Waals surface area contributed by atoms with Crippen LogP contribution in [0, 0.1) is 0 Å². The SMILES string of the molecule is O=C(N1CCOCC1)N1CCCN(c2ccc(Cl)cn2)CC1. The maximum atomic E-state index is 12.5. The molecule has 2 aliphatic heterocycles. The summed E-state index contributed by atoms with van der Waals surface area (Å²) in [4.78, 5) is 23.0. The van der Waals surface area contributed by atoms with Gasteiger partial charge in [-0.1, -0.05) is 11.6 Å². The van der Waals surface area contributed by atoms with E-state index in [2.05, 4.69) is 9.88 Å². The number of pyridine rings is 1. The third kappa shape index (κ3) is 3.62. The van der Waals surface area contributed by atoms with E-state index in [0.717, 1.165) is 38.4 Å². The normalized spacial score (nSPS) is 20.0. The number of hydrogen-bond donors (Lipinski definition) is 0. The molecule has 6 nitrogen and oxygen atoms in total. The molecule has 0 N–H and O–H groups in total. The second-order valence-corrected chi connectivity index (χ2v) is 5.98. The van der Waals surface area contributed by atoms with Crippen LogP contribution in [-0.4, -0.2) is 73.3 Å². The van der Waals surface area contributed by atoms with E-state index in [1.807, 2.05) is 21.9 Å². The third-order valence-electron chi connectivity index (χ3n) is 4.08. The predicted octanol–water partition coefficient (Wildman–Crippen LogP) is 1.70. The minimum Gasteiger partial charge on any atom is -0.378 e. The Kier molecular flexibility index (Phi) is 5.00. The molecule has 2 fully saturated rings. The Morgan fingerprint density at radius 2 is 1.82 bits per heavy atom. The van der Waals surface area contributed by atoms with E-state index in [0.29, 0.717) is 31.3 Å². The quantitative estimate of drug-likeness (QED) is 0.789. The lowest BCUT2D eigenvalue weighted by atomic mass is 10.3. The maximum absolute atomic E-state index is 12.5. The van der Waals surface area contributed by atoms with Crippen molar-refractivity contribution in [1.29, 1.82) is 0 Å². The summed E-state index contributed by atoms with van der Waals surface area (Å²) in [5.41, 5.74) is 0. The number of anilines is 1. The van der Waals surface area contributed by atoms with Gasteiger partial charge in [-0.2, -0.15) is 0 Å². The fourth-order valence-corrected chi connectivity index (χ4v) is 2.96. The van der Waals surface area contributed by atoms with Gasteiger partial charge in [-0.3, -0.25) is 0 Å². The van der Waals surface area contributed by atoms with E-state index < -0.39 is 0 Å². The van der Waals surface area contributed by atoms with Crippen molar-refractivity contribution in [2.45, 2.75) is 6.42 Å². The zero-order chi connectivity index (χ0) is 15.4. The van der Waals surface area contributed by atoms with Crippen LogP contribution in [0.1, 0.15) is 6.42 Å². The summed E-state index contributed by atoms with van der Waals surface area (Å²) in [6, 6.07) is 3.92. The monoisotopic (exact) mass is 324 g/mol. The third-order valence-corrected chi connectivity index (χ3v) is 4.31. The van der Waals surface area contributed by atoms with Gasteiger partial charge in [-0.05, 0) is 18.6 Å². The van der Waals surface area contributed by atoms with Crippen molar-refractivity contribution >= 4 is 23.4 Å². The number of rotatable bonds is 1. The van der Waals surface area contributed by atoms with Crippen molar-refractivity contribution in [3.63, 3.8) is 0 Å². The largest absolute Gasteiger partial charge is 0.378 e. The number of morpholine rings is 1. The number of carbonyl (C=O) groups is 1. The van der Waals surface area contributed by atoms with Gasteiger partial charge in [-0.25, -0.2) is 9.78 Å². The van der Waals surface area contributed by atoms with Crippen LogP contribution >= 0.6 is 11.6 Å². The molecular weight excluding hydrogens is 304 g/mol. The Bertz CT molecular complexity index is 505. The topological polar surface area (TPSA) is 48.9 Å². The Hall–Kier alpha value is -1.53. The van der Waals surface area contributed by atoms with Crippen molar-refractivity contribution in [3.8, 4) is 0 Å². The van der Waals surface area contributed by atoms with Crippen LogP contribution in [0.4, 0.5) is 10.6 Å².